The molecule has 0 bridgehead atoms. The minimum absolute atomic E-state index is 0.0586. The number of aliphatic hydroxyl groups is 1. The van der Waals surface area contributed by atoms with Crippen LogP contribution in [-0.4, -0.2) is 57.1 Å². The van der Waals surface area contributed by atoms with Crippen molar-refractivity contribution in [1.82, 2.24) is 0 Å². The molecule has 0 aromatic heterocycles. The molecule has 1 rings (SSSR count). The predicted molar refractivity (Wildman–Crippen MR) is 89.7 cm³/mol. The quantitative estimate of drug-likeness (QED) is 0.417. The maximum Gasteiger partial charge on any atom is 0.0701 e. The largest absolute Gasteiger partial charge is 0.394 e. The second-order valence-electron chi connectivity index (χ2n) is 4.13. The molecular weight excluding hydrogens is 308 g/mol. The lowest BCUT2D eigenvalue weighted by Crippen LogP contribution is -2.11. The van der Waals surface area contributed by atoms with Gasteiger partial charge >= 0.3 is 0 Å². The van der Waals surface area contributed by atoms with Crippen molar-refractivity contribution in [3.05, 3.63) is 35.9 Å². The van der Waals surface area contributed by atoms with Crippen LogP contribution in [0, 0.1) is 0 Å². The van der Waals surface area contributed by atoms with Crippen molar-refractivity contribution < 1.29 is 19.3 Å². The monoisotopic (exact) mass is 332 g/mol. The average molecular weight is 332 g/mol. The van der Waals surface area contributed by atoms with Crippen LogP contribution >= 0.6 is 21.6 Å². The van der Waals surface area contributed by atoms with Crippen molar-refractivity contribution >= 4 is 21.6 Å². The Hall–Kier alpha value is -0.240. The van der Waals surface area contributed by atoms with E-state index in [4.69, 9.17) is 19.3 Å². The Morgan fingerprint density at radius 2 is 1.38 bits per heavy atom. The number of benzene rings is 1. The van der Waals surface area contributed by atoms with E-state index in [-0.39, 0.29) is 6.61 Å². The molecule has 1 aromatic carbocycles. The zero-order valence-electron chi connectivity index (χ0n) is 12.2. The van der Waals surface area contributed by atoms with Gasteiger partial charge in [0.1, 0.15) is 0 Å². The topological polar surface area (TPSA) is 47.9 Å². The molecule has 0 fully saturated rings. The Balaban J connectivity index is 1.75. The van der Waals surface area contributed by atoms with Gasteiger partial charge in [0, 0.05) is 11.5 Å². The van der Waals surface area contributed by atoms with Crippen LogP contribution in [0.25, 0.3) is 0 Å². The maximum absolute atomic E-state index is 8.50. The highest BCUT2D eigenvalue weighted by Gasteiger charge is 1.95. The number of aliphatic hydroxyl groups excluding tert-OH is 1. The Kier molecular flexibility index (Phi) is 13.2. The van der Waals surface area contributed by atoms with Crippen LogP contribution < -0.4 is 0 Å². The summed E-state index contributed by atoms with van der Waals surface area (Å²) in [5, 5.41) is 8.50. The number of ether oxygens (including phenoxy) is 3. The van der Waals surface area contributed by atoms with Crippen molar-refractivity contribution in [2.75, 3.05) is 52.0 Å². The summed E-state index contributed by atoms with van der Waals surface area (Å²) in [6.45, 7) is 3.45. The van der Waals surface area contributed by atoms with Gasteiger partial charge < -0.3 is 19.3 Å². The Morgan fingerprint density at radius 3 is 2.05 bits per heavy atom. The van der Waals surface area contributed by atoms with Crippen molar-refractivity contribution in [1.29, 1.82) is 0 Å². The van der Waals surface area contributed by atoms with Crippen LogP contribution in [0.4, 0.5) is 0 Å². The first kappa shape index (κ1) is 18.8. The molecule has 0 unspecified atom stereocenters. The molecule has 0 atom stereocenters. The third-order valence-corrected chi connectivity index (χ3v) is 4.75. The highest BCUT2D eigenvalue weighted by molar-refractivity contribution is 8.76. The number of rotatable bonds is 14. The lowest BCUT2D eigenvalue weighted by atomic mass is 10.2. The Labute approximate surface area is 134 Å². The molecule has 4 nitrogen and oxygen atoms in total. The summed E-state index contributed by atoms with van der Waals surface area (Å²) >= 11 is 0. The third-order valence-electron chi connectivity index (χ3n) is 2.44. The van der Waals surface area contributed by atoms with Gasteiger partial charge in [0.05, 0.1) is 46.2 Å². The summed E-state index contributed by atoms with van der Waals surface area (Å²) in [5.74, 6) is 2.01. The van der Waals surface area contributed by atoms with Crippen molar-refractivity contribution in [3.63, 3.8) is 0 Å². The van der Waals surface area contributed by atoms with Gasteiger partial charge in [0.25, 0.3) is 0 Å². The van der Waals surface area contributed by atoms with E-state index in [0.29, 0.717) is 33.0 Å². The van der Waals surface area contributed by atoms with Crippen molar-refractivity contribution in [2.45, 2.75) is 5.75 Å². The molecule has 21 heavy (non-hydrogen) atoms. The number of hydrogen-bond donors (Lipinski definition) is 1. The van der Waals surface area contributed by atoms with Crippen LogP contribution in [0.15, 0.2) is 30.3 Å². The Bertz CT molecular complexity index is 325. The normalized spacial score (nSPS) is 10.9. The zero-order valence-corrected chi connectivity index (χ0v) is 13.9. The second-order valence-corrected chi connectivity index (χ2v) is 6.71. The van der Waals surface area contributed by atoms with Gasteiger partial charge in [0.15, 0.2) is 0 Å². The lowest BCUT2D eigenvalue weighted by Gasteiger charge is -2.06. The minimum atomic E-state index is 0.0586. The molecule has 0 spiro atoms. The third kappa shape index (κ3) is 12.0. The van der Waals surface area contributed by atoms with E-state index >= 15 is 0 Å². The van der Waals surface area contributed by atoms with Crippen molar-refractivity contribution in [2.24, 2.45) is 0 Å². The fraction of sp³-hybridized carbons (Fsp3) is 0.600. The minimum Gasteiger partial charge on any atom is -0.394 e. The summed E-state index contributed by atoms with van der Waals surface area (Å²) in [5.41, 5.74) is 1.35. The second kappa shape index (κ2) is 14.7. The molecule has 0 aliphatic heterocycles. The van der Waals surface area contributed by atoms with Crippen LogP contribution in [0.5, 0.6) is 0 Å². The van der Waals surface area contributed by atoms with E-state index in [1.807, 2.05) is 27.7 Å². The summed E-state index contributed by atoms with van der Waals surface area (Å²) in [6, 6.07) is 10.5. The van der Waals surface area contributed by atoms with E-state index in [1.165, 1.54) is 5.56 Å². The van der Waals surface area contributed by atoms with Gasteiger partial charge in [-0.15, -0.1) is 0 Å². The van der Waals surface area contributed by atoms with E-state index in [1.54, 1.807) is 0 Å². The van der Waals surface area contributed by atoms with Crippen LogP contribution in [0.3, 0.4) is 0 Å². The van der Waals surface area contributed by atoms with E-state index in [0.717, 1.165) is 18.1 Å². The van der Waals surface area contributed by atoms with E-state index in [9.17, 15) is 0 Å². The molecule has 0 heterocycles. The SMILES string of the molecule is OCCOCCOCCOCCSSCc1ccccc1. The summed E-state index contributed by atoms with van der Waals surface area (Å²) < 4.78 is 15.9. The first-order chi connectivity index (χ1) is 10.4. The van der Waals surface area contributed by atoms with Gasteiger partial charge in [-0.1, -0.05) is 51.9 Å². The van der Waals surface area contributed by atoms with Crippen LogP contribution in [0.1, 0.15) is 5.56 Å². The van der Waals surface area contributed by atoms with Gasteiger partial charge in [-0.3, -0.25) is 0 Å². The molecule has 0 aliphatic carbocycles. The standard InChI is InChI=1S/C15H24O4S2/c16-6-7-17-8-9-18-10-11-19-12-13-20-21-14-15-4-2-1-3-5-15/h1-5,16H,6-14H2. The summed E-state index contributed by atoms with van der Waals surface area (Å²) in [7, 11) is 3.69. The average Bonchev–Trinajstić information content (AvgIpc) is 2.53. The highest BCUT2D eigenvalue weighted by atomic mass is 33.1. The zero-order chi connectivity index (χ0) is 15.0. The fourth-order valence-electron chi connectivity index (χ4n) is 1.44. The molecule has 0 radical (unpaired) electrons. The van der Waals surface area contributed by atoms with Gasteiger partial charge in [0.2, 0.25) is 0 Å². The number of hydrogen-bond acceptors (Lipinski definition) is 6. The predicted octanol–water partition coefficient (Wildman–Crippen LogP) is 2.61. The summed E-state index contributed by atoms with van der Waals surface area (Å²) in [4.78, 5) is 0. The molecule has 0 saturated heterocycles. The Morgan fingerprint density at radius 1 is 0.762 bits per heavy atom. The van der Waals surface area contributed by atoms with Gasteiger partial charge in [-0.05, 0) is 5.56 Å². The van der Waals surface area contributed by atoms with Crippen LogP contribution in [-0.2, 0) is 20.0 Å². The van der Waals surface area contributed by atoms with Gasteiger partial charge in [-0.25, -0.2) is 0 Å². The molecule has 1 N–H and O–H groups in total. The lowest BCUT2D eigenvalue weighted by molar-refractivity contribution is 0.0100. The molecule has 120 valence electrons. The summed E-state index contributed by atoms with van der Waals surface area (Å²) in [6.07, 6.45) is 0. The molecule has 0 amide bonds. The van der Waals surface area contributed by atoms with E-state index < -0.39 is 0 Å². The molecule has 6 heteroatoms. The first-order valence-corrected chi connectivity index (χ1v) is 9.54. The van der Waals surface area contributed by atoms with Crippen molar-refractivity contribution in [3.8, 4) is 0 Å². The first-order valence-electron chi connectivity index (χ1n) is 7.06. The molecule has 0 aliphatic rings. The smallest absolute Gasteiger partial charge is 0.0701 e. The molecule has 1 aromatic rings. The fourth-order valence-corrected chi connectivity index (χ4v) is 3.37. The van der Waals surface area contributed by atoms with E-state index in [2.05, 4.69) is 24.3 Å². The van der Waals surface area contributed by atoms with Crippen LogP contribution in [0.2, 0.25) is 0 Å². The highest BCUT2D eigenvalue weighted by Crippen LogP contribution is 2.25. The molecule has 0 saturated carbocycles. The van der Waals surface area contributed by atoms with Gasteiger partial charge in [-0.2, -0.15) is 0 Å². The maximum atomic E-state index is 8.50. The molecular formula is C15H24O4S2.